The molecular weight excluding hydrogens is 302 g/mol. The molecule has 0 aliphatic carbocycles. The van der Waals surface area contributed by atoms with E-state index in [-0.39, 0.29) is 5.91 Å². The van der Waals surface area contributed by atoms with Crippen LogP contribution in [0.25, 0.3) is 0 Å². The lowest BCUT2D eigenvalue weighted by Crippen LogP contribution is -2.13. The predicted octanol–water partition coefficient (Wildman–Crippen LogP) is 2.30. The Balaban J connectivity index is 2.11. The molecule has 0 spiro atoms. The van der Waals surface area contributed by atoms with Crippen LogP contribution in [-0.2, 0) is 6.42 Å². The molecule has 0 fully saturated rings. The quantitative estimate of drug-likeness (QED) is 0.817. The van der Waals surface area contributed by atoms with Gasteiger partial charge in [-0.25, -0.2) is 4.98 Å². The topological polar surface area (TPSA) is 86.5 Å². The highest BCUT2D eigenvalue weighted by atomic mass is 32.1. The average Bonchev–Trinajstić information content (AvgIpc) is 2.97. The van der Waals surface area contributed by atoms with Crippen molar-refractivity contribution in [2.75, 3.05) is 25.6 Å². The van der Waals surface area contributed by atoms with E-state index in [1.807, 2.05) is 6.92 Å². The van der Waals surface area contributed by atoms with Crippen molar-refractivity contribution in [1.29, 1.82) is 0 Å². The number of methoxy groups -OCH3 is 1. The zero-order valence-electron chi connectivity index (χ0n) is 12.6. The number of amides is 1. The summed E-state index contributed by atoms with van der Waals surface area (Å²) in [6, 6.07) is 5.24. The van der Waals surface area contributed by atoms with E-state index in [4.69, 9.17) is 15.2 Å². The van der Waals surface area contributed by atoms with Crippen molar-refractivity contribution >= 4 is 22.9 Å². The summed E-state index contributed by atoms with van der Waals surface area (Å²) in [6.07, 6.45) is 0.676. The molecular formula is C15H19N3O3S. The van der Waals surface area contributed by atoms with Crippen LogP contribution in [0.1, 0.15) is 22.4 Å². The standard InChI is InChI=1S/C15H19N3O3S/c1-3-21-13-8-10(4-5-12(13)20-2)17-15(19)11-9-22-14(18-11)6-7-16/h4-5,8-9H,3,6-7,16H2,1-2H3,(H,17,19). The largest absolute Gasteiger partial charge is 0.493 e. The number of nitrogens with one attached hydrogen (secondary N) is 1. The normalized spacial score (nSPS) is 10.3. The fourth-order valence-corrected chi connectivity index (χ4v) is 2.67. The van der Waals surface area contributed by atoms with Crippen molar-refractivity contribution in [2.24, 2.45) is 5.73 Å². The van der Waals surface area contributed by atoms with Crippen LogP contribution in [0.5, 0.6) is 11.5 Å². The Bertz CT molecular complexity index is 643. The van der Waals surface area contributed by atoms with Crippen molar-refractivity contribution < 1.29 is 14.3 Å². The summed E-state index contributed by atoms with van der Waals surface area (Å²) in [5.41, 5.74) is 6.50. The molecule has 0 saturated heterocycles. The number of nitrogens with two attached hydrogens (primary N) is 1. The Hall–Kier alpha value is -2.12. The molecule has 1 amide bonds. The molecule has 0 unspecified atom stereocenters. The summed E-state index contributed by atoms with van der Waals surface area (Å²) < 4.78 is 10.7. The van der Waals surface area contributed by atoms with Gasteiger partial charge in [-0.15, -0.1) is 11.3 Å². The summed E-state index contributed by atoms with van der Waals surface area (Å²) in [6.45, 7) is 2.92. The summed E-state index contributed by atoms with van der Waals surface area (Å²) in [7, 11) is 1.57. The van der Waals surface area contributed by atoms with Crippen LogP contribution in [0, 0.1) is 0 Å². The van der Waals surface area contributed by atoms with Gasteiger partial charge in [-0.2, -0.15) is 0 Å². The molecule has 118 valence electrons. The van der Waals surface area contributed by atoms with Gasteiger partial charge in [-0.05, 0) is 25.6 Å². The number of ether oxygens (including phenoxy) is 2. The first-order valence-electron chi connectivity index (χ1n) is 6.94. The molecule has 0 aliphatic heterocycles. The molecule has 0 aliphatic rings. The minimum Gasteiger partial charge on any atom is -0.493 e. The van der Waals surface area contributed by atoms with Gasteiger partial charge in [0.05, 0.1) is 18.7 Å². The Morgan fingerprint density at radius 2 is 2.23 bits per heavy atom. The first-order valence-corrected chi connectivity index (χ1v) is 7.82. The van der Waals surface area contributed by atoms with Crippen LogP contribution >= 0.6 is 11.3 Å². The Kier molecular flexibility index (Phi) is 5.74. The van der Waals surface area contributed by atoms with E-state index in [1.165, 1.54) is 11.3 Å². The van der Waals surface area contributed by atoms with Crippen molar-refractivity contribution in [2.45, 2.75) is 13.3 Å². The Morgan fingerprint density at radius 3 is 2.91 bits per heavy atom. The lowest BCUT2D eigenvalue weighted by molar-refractivity contribution is 0.102. The average molecular weight is 321 g/mol. The highest BCUT2D eigenvalue weighted by molar-refractivity contribution is 7.09. The number of rotatable bonds is 7. The monoisotopic (exact) mass is 321 g/mol. The van der Waals surface area contributed by atoms with Crippen LogP contribution in [0.2, 0.25) is 0 Å². The molecule has 22 heavy (non-hydrogen) atoms. The first-order chi connectivity index (χ1) is 10.7. The number of anilines is 1. The minimum atomic E-state index is -0.257. The van der Waals surface area contributed by atoms with E-state index in [0.717, 1.165) is 5.01 Å². The van der Waals surface area contributed by atoms with Gasteiger partial charge in [-0.3, -0.25) is 4.79 Å². The number of thiazole rings is 1. The molecule has 1 heterocycles. The van der Waals surface area contributed by atoms with Gasteiger partial charge in [0.1, 0.15) is 5.69 Å². The SMILES string of the molecule is CCOc1cc(NC(=O)c2csc(CCN)n2)ccc1OC. The second kappa shape index (κ2) is 7.77. The summed E-state index contributed by atoms with van der Waals surface area (Å²) in [4.78, 5) is 16.4. The first kappa shape index (κ1) is 16.3. The number of carbonyl (C=O) groups is 1. The van der Waals surface area contributed by atoms with Gasteiger partial charge in [-0.1, -0.05) is 0 Å². The predicted molar refractivity (Wildman–Crippen MR) is 87.0 cm³/mol. The summed E-state index contributed by atoms with van der Waals surface area (Å²) >= 11 is 1.43. The smallest absolute Gasteiger partial charge is 0.275 e. The zero-order chi connectivity index (χ0) is 15.9. The minimum absolute atomic E-state index is 0.257. The molecule has 0 atom stereocenters. The second-order valence-corrected chi connectivity index (χ2v) is 5.36. The van der Waals surface area contributed by atoms with Gasteiger partial charge in [0.25, 0.3) is 5.91 Å². The van der Waals surface area contributed by atoms with Crippen molar-refractivity contribution in [3.8, 4) is 11.5 Å². The third-order valence-corrected chi connectivity index (χ3v) is 3.77. The fourth-order valence-electron chi connectivity index (χ4n) is 1.87. The molecule has 0 saturated carbocycles. The van der Waals surface area contributed by atoms with E-state index in [1.54, 1.807) is 30.7 Å². The summed E-state index contributed by atoms with van der Waals surface area (Å²) in [5.74, 6) is 0.954. The van der Waals surface area contributed by atoms with Crippen molar-refractivity contribution in [1.82, 2.24) is 4.98 Å². The Labute approximate surface area is 133 Å². The van der Waals surface area contributed by atoms with Crippen LogP contribution in [0.4, 0.5) is 5.69 Å². The Morgan fingerprint density at radius 1 is 1.41 bits per heavy atom. The highest BCUT2D eigenvalue weighted by Gasteiger charge is 2.12. The number of aromatic nitrogens is 1. The molecule has 7 heteroatoms. The molecule has 0 radical (unpaired) electrons. The number of nitrogens with zero attached hydrogens (tertiary/aromatic N) is 1. The second-order valence-electron chi connectivity index (χ2n) is 4.42. The number of benzene rings is 1. The zero-order valence-corrected chi connectivity index (χ0v) is 13.4. The maximum absolute atomic E-state index is 12.2. The van der Waals surface area contributed by atoms with E-state index < -0.39 is 0 Å². The fraction of sp³-hybridized carbons (Fsp3) is 0.333. The van der Waals surface area contributed by atoms with E-state index >= 15 is 0 Å². The molecule has 0 bridgehead atoms. The number of carbonyl (C=O) groups excluding carboxylic acids is 1. The third-order valence-electron chi connectivity index (χ3n) is 2.86. The van der Waals surface area contributed by atoms with Crippen molar-refractivity contribution in [3.05, 3.63) is 34.3 Å². The molecule has 3 N–H and O–H groups in total. The van der Waals surface area contributed by atoms with E-state index in [9.17, 15) is 4.79 Å². The van der Waals surface area contributed by atoms with Gasteiger partial charge in [0, 0.05) is 23.6 Å². The lowest BCUT2D eigenvalue weighted by Gasteiger charge is -2.11. The van der Waals surface area contributed by atoms with Crippen LogP contribution in [0.15, 0.2) is 23.6 Å². The van der Waals surface area contributed by atoms with Crippen LogP contribution in [-0.4, -0.2) is 31.2 Å². The van der Waals surface area contributed by atoms with Crippen LogP contribution < -0.4 is 20.5 Å². The van der Waals surface area contributed by atoms with Gasteiger partial charge < -0.3 is 20.5 Å². The van der Waals surface area contributed by atoms with E-state index in [0.29, 0.717) is 42.5 Å². The number of hydrogen-bond donors (Lipinski definition) is 2. The van der Waals surface area contributed by atoms with Crippen LogP contribution in [0.3, 0.4) is 0 Å². The van der Waals surface area contributed by atoms with Gasteiger partial charge in [0.15, 0.2) is 11.5 Å². The maximum Gasteiger partial charge on any atom is 0.275 e. The number of hydrogen-bond acceptors (Lipinski definition) is 6. The third kappa shape index (κ3) is 3.96. The molecule has 1 aromatic carbocycles. The van der Waals surface area contributed by atoms with Crippen molar-refractivity contribution in [3.63, 3.8) is 0 Å². The van der Waals surface area contributed by atoms with Gasteiger partial charge >= 0.3 is 0 Å². The van der Waals surface area contributed by atoms with Gasteiger partial charge in [0.2, 0.25) is 0 Å². The molecule has 2 aromatic rings. The summed E-state index contributed by atoms with van der Waals surface area (Å²) in [5, 5.41) is 5.39. The maximum atomic E-state index is 12.2. The molecule has 2 rings (SSSR count). The lowest BCUT2D eigenvalue weighted by atomic mass is 10.2. The highest BCUT2D eigenvalue weighted by Crippen LogP contribution is 2.30. The molecule has 1 aromatic heterocycles. The molecule has 6 nitrogen and oxygen atoms in total. The van der Waals surface area contributed by atoms with E-state index in [2.05, 4.69) is 10.3 Å².